The standard InChI is InChI=1S/C5H4NO2S.BrH.Zn/c1-8-5(7)4-2-9-3-6-4;;/h2H,1H3;1H;/p-1. The number of ether oxygens (including phenoxy) is 1. The fourth-order valence-electron chi connectivity index (χ4n) is 0.382. The van der Waals surface area contributed by atoms with Crippen molar-refractivity contribution in [3.05, 3.63) is 16.6 Å². The number of thiazole rings is 1. The van der Waals surface area contributed by atoms with Crippen LogP contribution in [0.2, 0.25) is 0 Å². The number of halogens is 1. The molecule has 0 fully saturated rings. The number of aromatic nitrogens is 1. The molecule has 0 N–H and O–H groups in total. The normalized spacial score (nSPS) is 7.36. The summed E-state index contributed by atoms with van der Waals surface area (Å²) in [7, 11) is 1.32. The van der Waals surface area contributed by atoms with Gasteiger partial charge in [0.15, 0.2) is 11.2 Å². The van der Waals surface area contributed by atoms with Gasteiger partial charge in [0.1, 0.15) is 0 Å². The van der Waals surface area contributed by atoms with Gasteiger partial charge < -0.3 is 21.7 Å². The SMILES string of the molecule is COC(=O)c1cs[c]n1.[Br-].[Zn]. The first kappa shape index (κ1) is 13.8. The molecule has 0 spiro atoms. The topological polar surface area (TPSA) is 39.2 Å². The van der Waals surface area contributed by atoms with Crippen LogP contribution in [0.25, 0.3) is 0 Å². The molecule has 1 heterocycles. The minimum absolute atomic E-state index is 0. The average Bonchev–Trinajstić information content (AvgIpc) is 2.37. The summed E-state index contributed by atoms with van der Waals surface area (Å²) in [4.78, 5) is 14.2. The monoisotopic (exact) mass is 285 g/mol. The van der Waals surface area contributed by atoms with E-state index in [4.69, 9.17) is 0 Å². The van der Waals surface area contributed by atoms with E-state index in [0.29, 0.717) is 5.69 Å². The Morgan fingerprint density at radius 1 is 1.82 bits per heavy atom. The van der Waals surface area contributed by atoms with Crippen molar-refractivity contribution in [2.24, 2.45) is 0 Å². The second-order valence-electron chi connectivity index (χ2n) is 1.32. The molecule has 0 amide bonds. The molecule has 0 unspecified atom stereocenters. The van der Waals surface area contributed by atoms with E-state index in [-0.39, 0.29) is 36.5 Å². The molecule has 1 rings (SSSR count). The van der Waals surface area contributed by atoms with E-state index >= 15 is 0 Å². The zero-order valence-corrected chi connectivity index (χ0v) is 11.2. The Morgan fingerprint density at radius 2 is 2.45 bits per heavy atom. The molecule has 11 heavy (non-hydrogen) atoms. The third kappa shape index (κ3) is 3.94. The minimum atomic E-state index is -0.410. The number of hydrogen-bond donors (Lipinski definition) is 0. The third-order valence-electron chi connectivity index (χ3n) is 0.784. The Bertz CT molecular complexity index is 204. The fraction of sp³-hybridized carbons (Fsp3) is 0.200. The van der Waals surface area contributed by atoms with E-state index in [9.17, 15) is 4.79 Å². The van der Waals surface area contributed by atoms with Crippen LogP contribution in [0.4, 0.5) is 0 Å². The van der Waals surface area contributed by atoms with Crippen molar-refractivity contribution in [3.8, 4) is 0 Å². The summed E-state index contributed by atoms with van der Waals surface area (Å²) in [5, 5.41) is 1.59. The summed E-state index contributed by atoms with van der Waals surface area (Å²) in [5.41, 5.74) is 2.86. The van der Waals surface area contributed by atoms with E-state index in [1.807, 2.05) is 0 Å². The van der Waals surface area contributed by atoms with E-state index < -0.39 is 5.97 Å². The van der Waals surface area contributed by atoms with Crippen molar-refractivity contribution >= 4 is 17.3 Å². The van der Waals surface area contributed by atoms with Crippen molar-refractivity contribution in [3.63, 3.8) is 0 Å². The van der Waals surface area contributed by atoms with Gasteiger partial charge in [0.05, 0.1) is 7.11 Å². The van der Waals surface area contributed by atoms with Crippen molar-refractivity contribution in [1.82, 2.24) is 4.98 Å². The summed E-state index contributed by atoms with van der Waals surface area (Å²) in [6.45, 7) is 0. The van der Waals surface area contributed by atoms with Gasteiger partial charge in [0.25, 0.3) is 0 Å². The van der Waals surface area contributed by atoms with Crippen LogP contribution in [0.1, 0.15) is 10.5 Å². The van der Waals surface area contributed by atoms with Crippen LogP contribution >= 0.6 is 11.3 Å². The van der Waals surface area contributed by atoms with Crippen LogP contribution in [0.5, 0.6) is 0 Å². The van der Waals surface area contributed by atoms with Gasteiger partial charge in [-0.1, -0.05) is 0 Å². The molecule has 6 heteroatoms. The number of carbonyl (C=O) groups excluding carboxylic acids is 1. The number of rotatable bonds is 1. The molecule has 3 nitrogen and oxygen atoms in total. The molecular formula is C5H4BrNO2SZn-. The maximum atomic E-state index is 10.6. The van der Waals surface area contributed by atoms with Gasteiger partial charge in [-0.2, -0.15) is 0 Å². The fourth-order valence-corrected chi connectivity index (χ4v) is 0.847. The smallest absolute Gasteiger partial charge is 0.357 e. The Morgan fingerprint density at radius 3 is 2.82 bits per heavy atom. The summed E-state index contributed by atoms with van der Waals surface area (Å²) >= 11 is 1.25. The largest absolute Gasteiger partial charge is 1.00 e. The maximum Gasteiger partial charge on any atom is 0.357 e. The minimum Gasteiger partial charge on any atom is -1.00 e. The Labute approximate surface area is 91.7 Å². The molecule has 0 aliphatic carbocycles. The Balaban J connectivity index is 0. The first-order valence-corrected chi connectivity index (χ1v) is 3.12. The molecule has 0 saturated heterocycles. The summed E-state index contributed by atoms with van der Waals surface area (Å²) < 4.78 is 4.38. The van der Waals surface area contributed by atoms with Crippen molar-refractivity contribution in [2.75, 3.05) is 7.11 Å². The Kier molecular flexibility index (Phi) is 8.62. The first-order chi connectivity index (χ1) is 4.34. The first-order valence-electron chi connectivity index (χ1n) is 2.24. The summed E-state index contributed by atoms with van der Waals surface area (Å²) in [6.07, 6.45) is 0. The van der Waals surface area contributed by atoms with Gasteiger partial charge in [0.2, 0.25) is 0 Å². The maximum absolute atomic E-state index is 10.6. The molecule has 0 aliphatic heterocycles. The second-order valence-corrected chi connectivity index (χ2v) is 1.97. The molecule has 0 aliphatic rings. The number of hydrogen-bond acceptors (Lipinski definition) is 4. The van der Waals surface area contributed by atoms with Gasteiger partial charge >= 0.3 is 5.97 Å². The van der Waals surface area contributed by atoms with E-state index in [2.05, 4.69) is 15.2 Å². The van der Waals surface area contributed by atoms with E-state index in [1.54, 1.807) is 5.38 Å². The zero-order valence-electron chi connectivity index (χ0n) is 5.83. The van der Waals surface area contributed by atoms with Crippen LogP contribution in [-0.4, -0.2) is 18.1 Å². The summed E-state index contributed by atoms with van der Waals surface area (Å²) in [5.74, 6) is -0.410. The van der Waals surface area contributed by atoms with Crippen LogP contribution in [0.3, 0.4) is 0 Å². The second kappa shape index (κ2) is 6.89. The van der Waals surface area contributed by atoms with Gasteiger partial charge in [-0.05, 0) is 0 Å². The van der Waals surface area contributed by atoms with E-state index in [0.717, 1.165) is 0 Å². The predicted octanol–water partition coefficient (Wildman–Crippen LogP) is -2.27. The predicted molar refractivity (Wildman–Crippen MR) is 32.3 cm³/mol. The van der Waals surface area contributed by atoms with Gasteiger partial charge in [-0.3, -0.25) is 0 Å². The van der Waals surface area contributed by atoms with Crippen molar-refractivity contribution < 1.29 is 46.0 Å². The van der Waals surface area contributed by atoms with Crippen molar-refractivity contribution in [1.29, 1.82) is 0 Å². The van der Waals surface area contributed by atoms with Crippen LogP contribution in [0.15, 0.2) is 5.38 Å². The average molecular weight is 287 g/mol. The number of nitrogens with zero attached hydrogens (tertiary/aromatic N) is 1. The van der Waals surface area contributed by atoms with Crippen LogP contribution in [0, 0.1) is 5.51 Å². The molecule has 0 atom stereocenters. The molecule has 1 radical (unpaired) electrons. The van der Waals surface area contributed by atoms with Gasteiger partial charge in [-0.25, -0.2) is 9.78 Å². The molecular weight excluding hydrogens is 283 g/mol. The molecule has 0 bridgehead atoms. The van der Waals surface area contributed by atoms with E-state index in [1.165, 1.54) is 18.4 Å². The third-order valence-corrected chi connectivity index (χ3v) is 1.32. The molecule has 0 aromatic carbocycles. The summed E-state index contributed by atoms with van der Waals surface area (Å²) in [6, 6.07) is 0. The Hall–Kier alpha value is 0.203. The van der Waals surface area contributed by atoms with Crippen LogP contribution < -0.4 is 17.0 Å². The van der Waals surface area contributed by atoms with Crippen LogP contribution in [-0.2, 0) is 24.2 Å². The quantitative estimate of drug-likeness (QED) is 0.432. The van der Waals surface area contributed by atoms with Crippen molar-refractivity contribution in [2.45, 2.75) is 0 Å². The number of esters is 1. The molecule has 57 valence electrons. The zero-order chi connectivity index (χ0) is 6.69. The molecule has 1 aromatic rings. The molecule has 1 aromatic heterocycles. The number of carbonyl (C=O) groups is 1. The van der Waals surface area contributed by atoms with Gasteiger partial charge in [-0.15, -0.1) is 11.3 Å². The van der Waals surface area contributed by atoms with Gasteiger partial charge in [0, 0.05) is 24.9 Å². The molecule has 0 saturated carbocycles. The number of methoxy groups -OCH3 is 1.